The fourth-order valence-electron chi connectivity index (χ4n) is 2.62. The van der Waals surface area contributed by atoms with E-state index in [2.05, 4.69) is 16.6 Å². The molecule has 1 heterocycles. The molecule has 1 aliphatic rings. The molecular weight excluding hydrogens is 277 g/mol. The molecule has 1 saturated carbocycles. The predicted octanol–water partition coefficient (Wildman–Crippen LogP) is 2.60. The Morgan fingerprint density at radius 1 is 1.50 bits per heavy atom. The number of nitrogens with one attached hydrogen (secondary N) is 1. The number of thioether (sulfide) groups is 1. The van der Waals surface area contributed by atoms with Gasteiger partial charge >= 0.3 is 0 Å². The molecule has 1 aromatic heterocycles. The van der Waals surface area contributed by atoms with Crippen LogP contribution in [0.4, 0.5) is 10.2 Å². The third-order valence-corrected chi connectivity index (χ3v) is 5.32. The van der Waals surface area contributed by atoms with E-state index >= 15 is 0 Å². The summed E-state index contributed by atoms with van der Waals surface area (Å²) in [6.07, 6.45) is 8.95. The van der Waals surface area contributed by atoms with Gasteiger partial charge in [-0.3, -0.25) is 4.79 Å². The second-order valence-electron chi connectivity index (χ2n) is 5.22. The summed E-state index contributed by atoms with van der Waals surface area (Å²) in [4.78, 5) is 15.8. The van der Waals surface area contributed by atoms with E-state index in [0.29, 0.717) is 6.54 Å². The summed E-state index contributed by atoms with van der Waals surface area (Å²) in [6.45, 7) is 0.586. The first kappa shape index (κ1) is 15.1. The Bertz CT molecular complexity index is 489. The third kappa shape index (κ3) is 3.42. The van der Waals surface area contributed by atoms with Crippen molar-refractivity contribution in [3.8, 4) is 0 Å². The van der Waals surface area contributed by atoms with Crippen LogP contribution in [0, 0.1) is 5.82 Å². The van der Waals surface area contributed by atoms with E-state index in [1.54, 1.807) is 11.8 Å². The summed E-state index contributed by atoms with van der Waals surface area (Å²) in [7, 11) is 0. The molecule has 0 aromatic carbocycles. The molecule has 0 radical (unpaired) electrons. The van der Waals surface area contributed by atoms with Crippen molar-refractivity contribution in [2.75, 3.05) is 18.5 Å². The zero-order chi connectivity index (χ0) is 14.6. The summed E-state index contributed by atoms with van der Waals surface area (Å²) >= 11 is 1.80. The molecular formula is C14H20FN3OS. The second kappa shape index (κ2) is 6.43. The molecule has 1 aliphatic carbocycles. The van der Waals surface area contributed by atoms with Gasteiger partial charge in [0.05, 0.1) is 11.8 Å². The Kier molecular flexibility index (Phi) is 4.86. The highest BCUT2D eigenvalue weighted by atomic mass is 32.2. The van der Waals surface area contributed by atoms with Crippen LogP contribution in [0.15, 0.2) is 12.3 Å². The van der Waals surface area contributed by atoms with Gasteiger partial charge in [0.25, 0.3) is 5.91 Å². The molecule has 110 valence electrons. The monoisotopic (exact) mass is 297 g/mol. The Hall–Kier alpha value is -1.30. The maximum atomic E-state index is 13.1. The molecule has 0 spiro atoms. The van der Waals surface area contributed by atoms with Gasteiger partial charge in [0.15, 0.2) is 0 Å². The average Bonchev–Trinajstić information content (AvgIpc) is 2.48. The Labute approximate surface area is 122 Å². The number of hydrogen-bond donors (Lipinski definition) is 2. The van der Waals surface area contributed by atoms with Crippen molar-refractivity contribution in [1.82, 2.24) is 10.3 Å². The number of amides is 1. The largest absolute Gasteiger partial charge is 0.383 e. The molecule has 3 N–H and O–H groups in total. The van der Waals surface area contributed by atoms with Gasteiger partial charge in [-0.1, -0.05) is 19.3 Å². The van der Waals surface area contributed by atoms with Gasteiger partial charge in [-0.05, 0) is 25.2 Å². The first-order valence-electron chi connectivity index (χ1n) is 6.81. The summed E-state index contributed by atoms with van der Waals surface area (Å²) < 4.78 is 13.2. The Morgan fingerprint density at radius 3 is 2.85 bits per heavy atom. The van der Waals surface area contributed by atoms with E-state index in [4.69, 9.17) is 5.73 Å². The highest BCUT2D eigenvalue weighted by Gasteiger charge is 2.31. The number of halogens is 1. The minimum atomic E-state index is -0.554. The number of pyridine rings is 1. The summed E-state index contributed by atoms with van der Waals surface area (Å²) in [6, 6.07) is 1.13. The van der Waals surface area contributed by atoms with E-state index in [9.17, 15) is 9.18 Å². The van der Waals surface area contributed by atoms with Crippen LogP contribution >= 0.6 is 11.8 Å². The lowest BCUT2D eigenvalue weighted by Gasteiger charge is -2.35. The molecule has 0 atom stereocenters. The molecule has 2 rings (SSSR count). The number of aromatic nitrogens is 1. The first-order chi connectivity index (χ1) is 9.56. The number of nitrogen functional groups attached to an aromatic ring is 1. The normalized spacial score (nSPS) is 17.7. The van der Waals surface area contributed by atoms with Crippen LogP contribution in [0.25, 0.3) is 0 Å². The molecule has 1 aromatic rings. The second-order valence-corrected chi connectivity index (χ2v) is 6.49. The standard InChI is InChI=1S/C14H20FN3OS/c1-20-14(5-3-2-4-6-14)9-18-13(19)11-7-10(15)8-17-12(11)16/h7-8H,2-6,9H2,1H3,(H2,16,17)(H,18,19). The van der Waals surface area contributed by atoms with E-state index in [0.717, 1.165) is 25.1 Å². The van der Waals surface area contributed by atoms with Crippen molar-refractivity contribution in [1.29, 1.82) is 0 Å². The number of rotatable bonds is 4. The zero-order valence-corrected chi connectivity index (χ0v) is 12.4. The smallest absolute Gasteiger partial charge is 0.255 e. The van der Waals surface area contributed by atoms with Crippen LogP contribution in [0.5, 0.6) is 0 Å². The Morgan fingerprint density at radius 2 is 2.20 bits per heavy atom. The number of carbonyl (C=O) groups excluding carboxylic acids is 1. The molecule has 1 amide bonds. The fraction of sp³-hybridized carbons (Fsp3) is 0.571. The number of carbonyl (C=O) groups is 1. The van der Waals surface area contributed by atoms with Crippen molar-refractivity contribution < 1.29 is 9.18 Å². The molecule has 1 fully saturated rings. The van der Waals surface area contributed by atoms with Gasteiger partial charge in [0.2, 0.25) is 0 Å². The van der Waals surface area contributed by atoms with Gasteiger partial charge in [0, 0.05) is 11.3 Å². The van der Waals surface area contributed by atoms with Crippen LogP contribution in [0.3, 0.4) is 0 Å². The van der Waals surface area contributed by atoms with Crippen molar-refractivity contribution in [3.63, 3.8) is 0 Å². The van der Waals surface area contributed by atoms with Crippen molar-refractivity contribution in [2.45, 2.75) is 36.9 Å². The summed E-state index contributed by atoms with van der Waals surface area (Å²) in [5.74, 6) is -0.846. The molecule has 20 heavy (non-hydrogen) atoms. The van der Waals surface area contributed by atoms with Gasteiger partial charge in [-0.15, -0.1) is 0 Å². The minimum absolute atomic E-state index is 0.0609. The number of hydrogen-bond acceptors (Lipinski definition) is 4. The Balaban J connectivity index is 2.02. The van der Waals surface area contributed by atoms with Crippen LogP contribution < -0.4 is 11.1 Å². The van der Waals surface area contributed by atoms with Gasteiger partial charge < -0.3 is 11.1 Å². The van der Waals surface area contributed by atoms with E-state index < -0.39 is 5.82 Å². The fourth-order valence-corrected chi connectivity index (χ4v) is 3.53. The first-order valence-corrected chi connectivity index (χ1v) is 8.03. The van der Waals surface area contributed by atoms with Crippen LogP contribution in [-0.2, 0) is 0 Å². The number of nitrogens with zero attached hydrogens (tertiary/aromatic N) is 1. The van der Waals surface area contributed by atoms with Gasteiger partial charge in [-0.25, -0.2) is 9.37 Å². The maximum Gasteiger partial charge on any atom is 0.255 e. The van der Waals surface area contributed by atoms with E-state index in [1.807, 2.05) is 0 Å². The number of nitrogens with two attached hydrogens (primary N) is 1. The zero-order valence-electron chi connectivity index (χ0n) is 11.6. The molecule has 0 unspecified atom stereocenters. The lowest BCUT2D eigenvalue weighted by molar-refractivity contribution is 0.0947. The molecule has 4 nitrogen and oxygen atoms in total. The third-order valence-electron chi connectivity index (χ3n) is 3.90. The highest BCUT2D eigenvalue weighted by molar-refractivity contribution is 8.00. The molecule has 0 bridgehead atoms. The lowest BCUT2D eigenvalue weighted by atomic mass is 9.88. The average molecular weight is 297 g/mol. The van der Waals surface area contributed by atoms with Crippen molar-refractivity contribution >= 4 is 23.5 Å². The molecule has 0 saturated heterocycles. The summed E-state index contributed by atoms with van der Waals surface area (Å²) in [5.41, 5.74) is 5.73. The quantitative estimate of drug-likeness (QED) is 0.896. The predicted molar refractivity (Wildman–Crippen MR) is 80.3 cm³/mol. The van der Waals surface area contributed by atoms with Crippen LogP contribution in [0.1, 0.15) is 42.5 Å². The van der Waals surface area contributed by atoms with E-state index in [-0.39, 0.29) is 22.0 Å². The topological polar surface area (TPSA) is 68.0 Å². The van der Waals surface area contributed by atoms with Crippen molar-refractivity contribution in [3.05, 3.63) is 23.6 Å². The SMILES string of the molecule is CSC1(CNC(=O)c2cc(F)cnc2N)CCCCC1. The molecule has 0 aliphatic heterocycles. The van der Waals surface area contributed by atoms with Crippen molar-refractivity contribution in [2.24, 2.45) is 0 Å². The number of anilines is 1. The highest BCUT2D eigenvalue weighted by Crippen LogP contribution is 2.38. The maximum absolute atomic E-state index is 13.1. The molecule has 6 heteroatoms. The van der Waals surface area contributed by atoms with Crippen LogP contribution in [0.2, 0.25) is 0 Å². The minimum Gasteiger partial charge on any atom is -0.383 e. The summed E-state index contributed by atoms with van der Waals surface area (Å²) in [5, 5.41) is 2.88. The lowest BCUT2D eigenvalue weighted by Crippen LogP contribution is -2.42. The van der Waals surface area contributed by atoms with Gasteiger partial charge in [0.1, 0.15) is 11.6 Å². The van der Waals surface area contributed by atoms with Gasteiger partial charge in [-0.2, -0.15) is 11.8 Å². The van der Waals surface area contributed by atoms with E-state index in [1.165, 1.54) is 19.3 Å². The van der Waals surface area contributed by atoms with Crippen LogP contribution in [-0.4, -0.2) is 28.4 Å².